The summed E-state index contributed by atoms with van der Waals surface area (Å²) < 4.78 is 11.0. The lowest BCUT2D eigenvalue weighted by atomic mass is 9.92. The van der Waals surface area contributed by atoms with E-state index in [-0.39, 0.29) is 36.4 Å². The summed E-state index contributed by atoms with van der Waals surface area (Å²) in [5, 5.41) is 6.43. The van der Waals surface area contributed by atoms with E-state index in [4.69, 9.17) is 9.47 Å². The molecule has 0 aromatic rings. The molecule has 0 bridgehead atoms. The average Bonchev–Trinajstić information content (AvgIpc) is 2.89. The Morgan fingerprint density at radius 3 is 2.95 bits per heavy atom. The van der Waals surface area contributed by atoms with Gasteiger partial charge in [-0.3, -0.25) is 4.79 Å². The number of piperidine rings is 1. The Labute approximate surface area is 127 Å². The zero-order valence-electron chi connectivity index (χ0n) is 12.4. The molecule has 0 aromatic heterocycles. The number of carbonyl (C=O) groups is 1. The molecule has 1 amide bonds. The van der Waals surface area contributed by atoms with Gasteiger partial charge in [0.1, 0.15) is 0 Å². The Morgan fingerprint density at radius 2 is 2.30 bits per heavy atom. The Bertz CT molecular complexity index is 298. The number of hydrogen-bond acceptors (Lipinski definition) is 4. The van der Waals surface area contributed by atoms with E-state index in [0.29, 0.717) is 19.3 Å². The summed E-state index contributed by atoms with van der Waals surface area (Å²) in [6, 6.07) is 0.505. The third-order valence-corrected chi connectivity index (χ3v) is 3.85. The highest BCUT2D eigenvalue weighted by Gasteiger charge is 2.25. The van der Waals surface area contributed by atoms with E-state index >= 15 is 0 Å². The van der Waals surface area contributed by atoms with E-state index in [1.54, 1.807) is 0 Å². The van der Waals surface area contributed by atoms with Crippen LogP contribution in [-0.2, 0) is 14.3 Å². The monoisotopic (exact) mass is 306 g/mol. The number of hydrogen-bond donors (Lipinski definition) is 2. The van der Waals surface area contributed by atoms with Crippen LogP contribution >= 0.6 is 12.4 Å². The van der Waals surface area contributed by atoms with Crippen LogP contribution in [0, 0.1) is 5.92 Å². The Kier molecular flexibility index (Phi) is 7.80. The first-order valence-electron chi connectivity index (χ1n) is 7.38. The van der Waals surface area contributed by atoms with Gasteiger partial charge < -0.3 is 20.1 Å². The van der Waals surface area contributed by atoms with Gasteiger partial charge in [0.05, 0.1) is 19.3 Å². The molecule has 20 heavy (non-hydrogen) atoms. The van der Waals surface area contributed by atoms with Crippen molar-refractivity contribution in [3.8, 4) is 0 Å². The van der Waals surface area contributed by atoms with Crippen molar-refractivity contribution in [3.05, 3.63) is 0 Å². The summed E-state index contributed by atoms with van der Waals surface area (Å²) in [4.78, 5) is 12.1. The predicted octanol–water partition coefficient (Wildman–Crippen LogP) is 1.11. The number of ether oxygens (including phenoxy) is 2. The van der Waals surface area contributed by atoms with Gasteiger partial charge in [-0.1, -0.05) is 0 Å². The van der Waals surface area contributed by atoms with Gasteiger partial charge in [-0.15, -0.1) is 12.4 Å². The zero-order chi connectivity index (χ0) is 13.7. The first kappa shape index (κ1) is 17.7. The Hall–Kier alpha value is -0.360. The topological polar surface area (TPSA) is 59.6 Å². The molecule has 6 heteroatoms. The molecule has 0 radical (unpaired) electrons. The smallest absolute Gasteiger partial charge is 0.223 e. The summed E-state index contributed by atoms with van der Waals surface area (Å²) in [7, 11) is 0. The highest BCUT2D eigenvalue weighted by Crippen LogP contribution is 2.16. The fraction of sp³-hybridized carbons (Fsp3) is 0.929. The van der Waals surface area contributed by atoms with Crippen molar-refractivity contribution in [2.45, 2.75) is 51.3 Å². The predicted molar refractivity (Wildman–Crippen MR) is 80.2 cm³/mol. The highest BCUT2D eigenvalue weighted by atomic mass is 35.5. The van der Waals surface area contributed by atoms with Crippen molar-refractivity contribution in [1.29, 1.82) is 0 Å². The molecule has 2 rings (SSSR count). The summed E-state index contributed by atoms with van der Waals surface area (Å²) in [6.07, 6.45) is 3.03. The second-order valence-corrected chi connectivity index (χ2v) is 5.81. The van der Waals surface area contributed by atoms with Crippen LogP contribution in [0.3, 0.4) is 0 Å². The van der Waals surface area contributed by atoms with Gasteiger partial charge in [0.15, 0.2) is 0 Å². The van der Waals surface area contributed by atoms with Gasteiger partial charge in [0.25, 0.3) is 0 Å². The van der Waals surface area contributed by atoms with E-state index in [0.717, 1.165) is 32.4 Å². The first-order valence-corrected chi connectivity index (χ1v) is 7.38. The van der Waals surface area contributed by atoms with Crippen molar-refractivity contribution in [3.63, 3.8) is 0 Å². The normalized spacial score (nSPS) is 31.4. The maximum absolute atomic E-state index is 12.1. The molecule has 0 aromatic carbocycles. The molecule has 0 aliphatic carbocycles. The standard InChI is InChI=1S/C14H26N2O3.ClH/c1-10-7-12(3-5-15-10)14(17)16-11(2)8-19-13-4-6-18-9-13;/h10-13,15H,3-9H2,1-2H3,(H,16,17);1H/t10-,11?,12-,13?;/m0./s1. The molecule has 0 spiro atoms. The maximum atomic E-state index is 12.1. The van der Waals surface area contributed by atoms with E-state index in [1.807, 2.05) is 6.92 Å². The second-order valence-electron chi connectivity index (χ2n) is 5.81. The highest BCUT2D eigenvalue weighted by molar-refractivity contribution is 5.85. The number of nitrogens with one attached hydrogen (secondary N) is 2. The molecular formula is C14H27ClN2O3. The van der Waals surface area contributed by atoms with Crippen LogP contribution in [0.1, 0.15) is 33.1 Å². The van der Waals surface area contributed by atoms with Crippen molar-refractivity contribution < 1.29 is 14.3 Å². The van der Waals surface area contributed by atoms with Crippen LogP contribution < -0.4 is 10.6 Å². The van der Waals surface area contributed by atoms with Crippen molar-refractivity contribution in [2.24, 2.45) is 5.92 Å². The van der Waals surface area contributed by atoms with E-state index in [2.05, 4.69) is 17.6 Å². The fourth-order valence-electron chi connectivity index (χ4n) is 2.70. The minimum Gasteiger partial charge on any atom is -0.379 e. The van der Waals surface area contributed by atoms with E-state index < -0.39 is 0 Å². The van der Waals surface area contributed by atoms with Crippen molar-refractivity contribution in [1.82, 2.24) is 10.6 Å². The average molecular weight is 307 g/mol. The minimum atomic E-state index is 0. The number of rotatable bonds is 5. The fourth-order valence-corrected chi connectivity index (χ4v) is 2.70. The van der Waals surface area contributed by atoms with Gasteiger partial charge in [0.2, 0.25) is 5.91 Å². The number of amides is 1. The molecule has 2 aliphatic heterocycles. The van der Waals surface area contributed by atoms with Crippen LogP contribution in [0.25, 0.3) is 0 Å². The molecule has 2 unspecified atom stereocenters. The maximum Gasteiger partial charge on any atom is 0.223 e. The SMILES string of the molecule is CC(COC1CCOC1)NC(=O)[C@H]1CCN[C@@H](C)C1.Cl. The molecule has 0 saturated carbocycles. The quantitative estimate of drug-likeness (QED) is 0.799. The lowest BCUT2D eigenvalue weighted by molar-refractivity contribution is -0.127. The van der Waals surface area contributed by atoms with Crippen LogP contribution in [-0.4, -0.2) is 50.5 Å². The molecule has 5 nitrogen and oxygen atoms in total. The first-order chi connectivity index (χ1) is 9.15. The summed E-state index contributed by atoms with van der Waals surface area (Å²) in [6.45, 7) is 7.11. The van der Waals surface area contributed by atoms with Gasteiger partial charge in [-0.05, 0) is 39.7 Å². The van der Waals surface area contributed by atoms with Gasteiger partial charge in [0, 0.05) is 24.6 Å². The van der Waals surface area contributed by atoms with Crippen molar-refractivity contribution in [2.75, 3.05) is 26.4 Å². The van der Waals surface area contributed by atoms with Crippen molar-refractivity contribution >= 4 is 18.3 Å². The summed E-state index contributed by atoms with van der Waals surface area (Å²) in [5.74, 6) is 0.320. The van der Waals surface area contributed by atoms with E-state index in [9.17, 15) is 4.79 Å². The van der Waals surface area contributed by atoms with Crippen LogP contribution in [0.2, 0.25) is 0 Å². The third-order valence-electron chi connectivity index (χ3n) is 3.85. The minimum absolute atomic E-state index is 0. The Morgan fingerprint density at radius 1 is 1.50 bits per heavy atom. The molecule has 2 heterocycles. The molecule has 2 fully saturated rings. The van der Waals surface area contributed by atoms with E-state index in [1.165, 1.54) is 0 Å². The molecule has 2 saturated heterocycles. The van der Waals surface area contributed by atoms with Crippen LogP contribution in [0.4, 0.5) is 0 Å². The lowest BCUT2D eigenvalue weighted by Crippen LogP contribution is -2.45. The largest absolute Gasteiger partial charge is 0.379 e. The number of carbonyl (C=O) groups excluding carboxylic acids is 1. The van der Waals surface area contributed by atoms with Gasteiger partial charge >= 0.3 is 0 Å². The lowest BCUT2D eigenvalue weighted by Gasteiger charge is -2.28. The summed E-state index contributed by atoms with van der Waals surface area (Å²) in [5.41, 5.74) is 0. The molecular weight excluding hydrogens is 280 g/mol. The summed E-state index contributed by atoms with van der Waals surface area (Å²) >= 11 is 0. The molecule has 4 atom stereocenters. The third kappa shape index (κ3) is 5.56. The Balaban J connectivity index is 0.00000200. The zero-order valence-corrected chi connectivity index (χ0v) is 13.2. The second kappa shape index (κ2) is 8.82. The van der Waals surface area contributed by atoms with Gasteiger partial charge in [-0.25, -0.2) is 0 Å². The van der Waals surface area contributed by atoms with Gasteiger partial charge in [-0.2, -0.15) is 0 Å². The molecule has 118 valence electrons. The number of halogens is 1. The molecule has 2 aliphatic rings. The molecule has 2 N–H and O–H groups in total. The van der Waals surface area contributed by atoms with Crippen LogP contribution in [0.5, 0.6) is 0 Å². The van der Waals surface area contributed by atoms with Crippen LogP contribution in [0.15, 0.2) is 0 Å².